The normalized spacial score (nSPS) is 12.3. The number of amides is 1. The molecule has 3 aromatic rings. The molecule has 7 heteroatoms. The molecule has 3 rings (SSSR count). The van der Waals surface area contributed by atoms with Gasteiger partial charge in [0.2, 0.25) is 5.91 Å². The molecular formula is C25H36N5O2+. The van der Waals surface area contributed by atoms with Crippen LogP contribution < -0.4 is 5.32 Å². The summed E-state index contributed by atoms with van der Waals surface area (Å²) in [6.07, 6.45) is 1.93. The summed E-state index contributed by atoms with van der Waals surface area (Å²) in [7, 11) is 6.44. The summed E-state index contributed by atoms with van der Waals surface area (Å²) in [5.74, 6) is 0.215. The Balaban J connectivity index is 1.79. The van der Waals surface area contributed by atoms with E-state index in [-0.39, 0.29) is 17.1 Å². The van der Waals surface area contributed by atoms with Gasteiger partial charge in [-0.15, -0.1) is 15.0 Å². The van der Waals surface area contributed by atoms with Crippen LogP contribution in [0.2, 0.25) is 0 Å². The van der Waals surface area contributed by atoms with E-state index in [1.807, 2.05) is 36.4 Å². The minimum atomic E-state index is -0.269. The summed E-state index contributed by atoms with van der Waals surface area (Å²) in [4.78, 5) is 13.9. The van der Waals surface area contributed by atoms with Crippen molar-refractivity contribution < 1.29 is 14.4 Å². The first-order valence-electron chi connectivity index (χ1n) is 11.2. The number of nitrogens with zero attached hydrogens (tertiary/aromatic N) is 4. The van der Waals surface area contributed by atoms with Crippen molar-refractivity contribution in [2.75, 3.05) is 34.2 Å². The minimum Gasteiger partial charge on any atom is -0.505 e. The zero-order valence-corrected chi connectivity index (χ0v) is 20.1. The summed E-state index contributed by atoms with van der Waals surface area (Å²) in [5.41, 5.74) is 3.59. The predicted octanol–water partition coefficient (Wildman–Crippen LogP) is 3.57. The number of carbonyl (C=O) groups excluding carboxylic acids is 1. The van der Waals surface area contributed by atoms with E-state index in [1.54, 1.807) is 0 Å². The average molecular weight is 439 g/mol. The Labute approximate surface area is 190 Å². The van der Waals surface area contributed by atoms with Gasteiger partial charge in [-0.25, -0.2) is 0 Å². The highest BCUT2D eigenvalue weighted by molar-refractivity contribution is 5.76. The first-order valence-corrected chi connectivity index (χ1v) is 11.2. The van der Waals surface area contributed by atoms with Crippen molar-refractivity contribution in [1.82, 2.24) is 20.3 Å². The molecule has 1 aromatic heterocycles. The van der Waals surface area contributed by atoms with Gasteiger partial charge in [0.1, 0.15) is 22.5 Å². The number of fused-ring (bicyclic) bond motifs is 1. The standard InChI is InChI=1S/C25H35N5O2/c1-25(2,3)19-16-18(12-13-23(31)26-14-9-15-30(4,5)6)17-22(24(19)32)29-27-20-10-7-8-11-21(20)28-29/h7-8,10-11,16-17H,9,12-15H2,1-6H3,(H-,26,31,32)/p+1. The Kier molecular flexibility index (Phi) is 6.88. The van der Waals surface area contributed by atoms with Gasteiger partial charge in [-0.2, -0.15) is 0 Å². The lowest BCUT2D eigenvalue weighted by molar-refractivity contribution is -0.870. The number of nitrogens with one attached hydrogen (secondary N) is 1. The molecule has 172 valence electrons. The predicted molar refractivity (Wildman–Crippen MR) is 128 cm³/mol. The second-order valence-corrected chi connectivity index (χ2v) is 10.5. The van der Waals surface area contributed by atoms with Crippen LogP contribution in [0.25, 0.3) is 16.7 Å². The largest absolute Gasteiger partial charge is 0.505 e. The number of aryl methyl sites for hydroxylation is 1. The third-order valence-corrected chi connectivity index (χ3v) is 5.43. The van der Waals surface area contributed by atoms with Crippen LogP contribution in [0.15, 0.2) is 36.4 Å². The summed E-state index contributed by atoms with van der Waals surface area (Å²) < 4.78 is 0.887. The Morgan fingerprint density at radius 3 is 2.28 bits per heavy atom. The Morgan fingerprint density at radius 1 is 1.09 bits per heavy atom. The van der Waals surface area contributed by atoms with Crippen molar-refractivity contribution in [1.29, 1.82) is 0 Å². The molecule has 0 aliphatic rings. The van der Waals surface area contributed by atoms with E-state index in [4.69, 9.17) is 0 Å². The van der Waals surface area contributed by atoms with Gasteiger partial charge in [0.25, 0.3) is 0 Å². The molecule has 32 heavy (non-hydrogen) atoms. The number of carbonyl (C=O) groups is 1. The maximum atomic E-state index is 12.4. The van der Waals surface area contributed by atoms with Crippen molar-refractivity contribution in [2.45, 2.75) is 45.4 Å². The molecule has 1 heterocycles. The summed E-state index contributed by atoms with van der Waals surface area (Å²) >= 11 is 0. The molecule has 0 aliphatic carbocycles. The van der Waals surface area contributed by atoms with Gasteiger partial charge in [-0.1, -0.05) is 39.0 Å². The second kappa shape index (κ2) is 9.28. The zero-order valence-electron chi connectivity index (χ0n) is 20.1. The number of aromatic nitrogens is 3. The summed E-state index contributed by atoms with van der Waals surface area (Å²) in [5, 5.41) is 23.1. The fourth-order valence-electron chi connectivity index (χ4n) is 3.64. The number of benzene rings is 2. The highest BCUT2D eigenvalue weighted by Gasteiger charge is 2.23. The quantitative estimate of drug-likeness (QED) is 0.416. The van der Waals surface area contributed by atoms with E-state index >= 15 is 0 Å². The molecule has 0 aliphatic heterocycles. The van der Waals surface area contributed by atoms with E-state index in [9.17, 15) is 9.90 Å². The van der Waals surface area contributed by atoms with Gasteiger partial charge >= 0.3 is 0 Å². The molecule has 0 atom stereocenters. The van der Waals surface area contributed by atoms with Gasteiger partial charge in [0.05, 0.1) is 27.7 Å². The van der Waals surface area contributed by atoms with E-state index in [0.717, 1.165) is 39.6 Å². The number of hydrogen-bond acceptors (Lipinski definition) is 4. The molecular weight excluding hydrogens is 402 g/mol. The van der Waals surface area contributed by atoms with Crippen molar-refractivity contribution in [3.8, 4) is 11.4 Å². The van der Waals surface area contributed by atoms with Crippen LogP contribution in [-0.4, -0.2) is 64.7 Å². The molecule has 2 aromatic carbocycles. The highest BCUT2D eigenvalue weighted by atomic mass is 16.3. The zero-order chi connectivity index (χ0) is 23.5. The molecule has 7 nitrogen and oxygen atoms in total. The van der Waals surface area contributed by atoms with E-state index < -0.39 is 0 Å². The fourth-order valence-corrected chi connectivity index (χ4v) is 3.64. The van der Waals surface area contributed by atoms with Crippen LogP contribution >= 0.6 is 0 Å². The maximum Gasteiger partial charge on any atom is 0.220 e. The van der Waals surface area contributed by atoms with Crippen molar-refractivity contribution in [3.63, 3.8) is 0 Å². The van der Waals surface area contributed by atoms with Crippen molar-refractivity contribution >= 4 is 16.9 Å². The number of quaternary nitrogens is 1. The fraction of sp³-hybridized carbons (Fsp3) is 0.480. The van der Waals surface area contributed by atoms with Crippen LogP contribution in [0, 0.1) is 0 Å². The summed E-state index contributed by atoms with van der Waals surface area (Å²) in [6.45, 7) is 7.88. The molecule has 0 spiro atoms. The molecule has 1 amide bonds. The minimum absolute atomic E-state index is 0.0429. The Morgan fingerprint density at radius 2 is 1.72 bits per heavy atom. The van der Waals surface area contributed by atoms with Gasteiger partial charge in [0.15, 0.2) is 0 Å². The number of phenolic OH excluding ortho intramolecular Hbond substituents is 1. The van der Waals surface area contributed by atoms with Gasteiger partial charge in [0, 0.05) is 24.9 Å². The van der Waals surface area contributed by atoms with Crippen molar-refractivity contribution in [2.24, 2.45) is 0 Å². The molecule has 0 radical (unpaired) electrons. The third kappa shape index (κ3) is 6.07. The Hall–Kier alpha value is -2.93. The van der Waals surface area contributed by atoms with E-state index in [2.05, 4.69) is 57.4 Å². The van der Waals surface area contributed by atoms with Crippen LogP contribution in [-0.2, 0) is 16.6 Å². The number of hydrogen-bond donors (Lipinski definition) is 2. The topological polar surface area (TPSA) is 80.0 Å². The SMILES string of the molecule is CC(C)(C)c1cc(CCC(=O)NCCC[N+](C)(C)C)cc(-n2nc3ccccc3n2)c1O. The number of aromatic hydroxyl groups is 1. The molecule has 2 N–H and O–H groups in total. The van der Waals surface area contributed by atoms with Crippen LogP contribution in [0.1, 0.15) is 44.7 Å². The molecule has 0 fully saturated rings. The molecule has 0 saturated carbocycles. The lowest BCUT2D eigenvalue weighted by Gasteiger charge is -2.23. The summed E-state index contributed by atoms with van der Waals surface area (Å²) in [6, 6.07) is 11.5. The monoisotopic (exact) mass is 438 g/mol. The molecule has 0 bridgehead atoms. The smallest absolute Gasteiger partial charge is 0.220 e. The van der Waals surface area contributed by atoms with Crippen LogP contribution in [0.5, 0.6) is 5.75 Å². The van der Waals surface area contributed by atoms with Crippen LogP contribution in [0.4, 0.5) is 0 Å². The number of phenols is 1. The van der Waals surface area contributed by atoms with Gasteiger partial charge in [-0.3, -0.25) is 4.79 Å². The van der Waals surface area contributed by atoms with Crippen LogP contribution in [0.3, 0.4) is 0 Å². The second-order valence-electron chi connectivity index (χ2n) is 10.5. The third-order valence-electron chi connectivity index (χ3n) is 5.43. The molecule has 0 saturated heterocycles. The first-order chi connectivity index (χ1) is 14.9. The van der Waals surface area contributed by atoms with Gasteiger partial charge in [-0.05, 0) is 35.6 Å². The molecule has 0 unspecified atom stereocenters. The van der Waals surface area contributed by atoms with E-state index in [0.29, 0.717) is 25.1 Å². The van der Waals surface area contributed by atoms with Gasteiger partial charge < -0.3 is 14.9 Å². The highest BCUT2D eigenvalue weighted by Crippen LogP contribution is 2.36. The van der Waals surface area contributed by atoms with Crippen molar-refractivity contribution in [3.05, 3.63) is 47.5 Å². The lowest BCUT2D eigenvalue weighted by atomic mass is 9.84. The number of rotatable bonds is 8. The Bertz CT molecular complexity index is 1060. The van der Waals surface area contributed by atoms with E-state index in [1.165, 1.54) is 4.80 Å². The maximum absolute atomic E-state index is 12.4. The first kappa shape index (κ1) is 23.7. The average Bonchev–Trinajstić information content (AvgIpc) is 3.12. The lowest BCUT2D eigenvalue weighted by Crippen LogP contribution is -2.37.